The van der Waals surface area contributed by atoms with Crippen LogP contribution in [0, 0.1) is 0 Å². The fraction of sp³-hybridized carbons (Fsp3) is 0.200. The van der Waals surface area contributed by atoms with Gasteiger partial charge in [0.2, 0.25) is 0 Å². The third-order valence-electron chi connectivity index (χ3n) is 3.58. The first-order valence-corrected chi connectivity index (χ1v) is 10.1. The van der Waals surface area contributed by atoms with E-state index in [1.807, 2.05) is 34.4 Å². The molecule has 0 fully saturated rings. The standard InChI is InChI=1S/C15H12ClN5OS3/c1-2-21-13(9-4-3-5-24-9)18-19-14(21)11(23)12-17-15(22-20-12)8-6-10(16)25-7-8/h3-7,11,23H,2H2,1H3. The molecule has 0 aromatic carbocycles. The molecule has 0 saturated heterocycles. The van der Waals surface area contributed by atoms with E-state index in [2.05, 4.69) is 33.0 Å². The van der Waals surface area contributed by atoms with E-state index in [4.69, 9.17) is 16.1 Å². The lowest BCUT2D eigenvalue weighted by molar-refractivity contribution is 0.423. The Kier molecular flexibility index (Phi) is 4.63. The second-order valence-corrected chi connectivity index (χ2v) is 8.11. The highest BCUT2D eigenvalue weighted by Gasteiger charge is 2.25. The zero-order valence-electron chi connectivity index (χ0n) is 13.0. The molecule has 4 aromatic heterocycles. The minimum absolute atomic E-state index is 0.415. The van der Waals surface area contributed by atoms with Gasteiger partial charge in [-0.05, 0) is 24.4 Å². The maximum absolute atomic E-state index is 5.96. The van der Waals surface area contributed by atoms with Crippen molar-refractivity contribution < 1.29 is 4.52 Å². The number of aromatic nitrogens is 5. The predicted octanol–water partition coefficient (Wildman–Crippen LogP) is 4.81. The molecule has 10 heteroatoms. The molecule has 1 unspecified atom stereocenters. The first-order valence-electron chi connectivity index (χ1n) is 7.40. The number of hydrogen-bond donors (Lipinski definition) is 1. The molecule has 0 amide bonds. The van der Waals surface area contributed by atoms with Gasteiger partial charge in [-0.3, -0.25) is 0 Å². The predicted molar refractivity (Wildman–Crippen MR) is 102 cm³/mol. The molecule has 1 atom stereocenters. The molecule has 25 heavy (non-hydrogen) atoms. The fourth-order valence-electron chi connectivity index (χ4n) is 2.42. The van der Waals surface area contributed by atoms with Gasteiger partial charge in [-0.25, -0.2) is 0 Å². The average Bonchev–Trinajstić information content (AvgIpc) is 3.37. The van der Waals surface area contributed by atoms with Crippen LogP contribution < -0.4 is 0 Å². The van der Waals surface area contributed by atoms with E-state index in [0.717, 1.165) is 22.8 Å². The van der Waals surface area contributed by atoms with Crippen LogP contribution >= 0.6 is 46.9 Å². The Morgan fingerprint density at radius 2 is 2.24 bits per heavy atom. The van der Waals surface area contributed by atoms with Crippen LogP contribution in [0.1, 0.15) is 23.8 Å². The van der Waals surface area contributed by atoms with E-state index < -0.39 is 5.25 Å². The third kappa shape index (κ3) is 3.12. The molecule has 0 spiro atoms. The first-order chi connectivity index (χ1) is 12.2. The van der Waals surface area contributed by atoms with Gasteiger partial charge in [0, 0.05) is 11.9 Å². The van der Waals surface area contributed by atoms with Crippen LogP contribution in [0.15, 0.2) is 33.5 Å². The van der Waals surface area contributed by atoms with Crippen molar-refractivity contribution in [3.8, 4) is 22.2 Å². The Morgan fingerprint density at radius 3 is 2.92 bits per heavy atom. The molecule has 128 valence electrons. The maximum atomic E-state index is 5.96. The van der Waals surface area contributed by atoms with Gasteiger partial charge in [0.05, 0.1) is 14.8 Å². The SMILES string of the molecule is CCn1c(-c2cccs2)nnc1C(S)c1noc(-c2csc(Cl)c2)n1. The number of halogens is 1. The molecule has 0 aliphatic rings. The largest absolute Gasteiger partial charge is 0.334 e. The van der Waals surface area contributed by atoms with Crippen molar-refractivity contribution in [2.75, 3.05) is 0 Å². The minimum atomic E-state index is -0.437. The molecule has 4 rings (SSSR count). The van der Waals surface area contributed by atoms with Crippen molar-refractivity contribution in [1.29, 1.82) is 0 Å². The van der Waals surface area contributed by atoms with E-state index in [1.54, 1.807) is 17.4 Å². The van der Waals surface area contributed by atoms with Gasteiger partial charge in [0.25, 0.3) is 5.89 Å². The average molecular weight is 410 g/mol. The van der Waals surface area contributed by atoms with Gasteiger partial charge in [-0.1, -0.05) is 22.8 Å². The molecule has 0 saturated carbocycles. The van der Waals surface area contributed by atoms with E-state index in [1.165, 1.54) is 11.3 Å². The molecule has 4 heterocycles. The molecule has 0 radical (unpaired) electrons. The Bertz CT molecular complexity index is 991. The van der Waals surface area contributed by atoms with Crippen LogP contribution in [0.5, 0.6) is 0 Å². The molecule has 0 aliphatic heterocycles. The first kappa shape index (κ1) is 16.8. The lowest BCUT2D eigenvalue weighted by atomic mass is 10.3. The van der Waals surface area contributed by atoms with E-state index in [9.17, 15) is 0 Å². The summed E-state index contributed by atoms with van der Waals surface area (Å²) in [6, 6.07) is 5.80. The summed E-state index contributed by atoms with van der Waals surface area (Å²) in [5, 5.41) is 16.1. The normalized spacial score (nSPS) is 12.6. The molecule has 6 nitrogen and oxygen atoms in total. The van der Waals surface area contributed by atoms with Crippen molar-refractivity contribution in [2.45, 2.75) is 18.7 Å². The smallest absolute Gasteiger partial charge is 0.258 e. The quantitative estimate of drug-likeness (QED) is 0.479. The van der Waals surface area contributed by atoms with Crippen molar-refractivity contribution in [2.24, 2.45) is 0 Å². The molecule has 4 aromatic rings. The number of thiophene rings is 2. The van der Waals surface area contributed by atoms with Crippen LogP contribution in [0.25, 0.3) is 22.2 Å². The summed E-state index contributed by atoms with van der Waals surface area (Å²) in [4.78, 5) is 5.49. The van der Waals surface area contributed by atoms with Crippen molar-refractivity contribution in [1.82, 2.24) is 24.9 Å². The van der Waals surface area contributed by atoms with Crippen molar-refractivity contribution >= 4 is 46.9 Å². The summed E-state index contributed by atoms with van der Waals surface area (Å²) < 4.78 is 8.03. The zero-order valence-corrected chi connectivity index (χ0v) is 16.2. The lowest BCUT2D eigenvalue weighted by Gasteiger charge is -2.09. The Morgan fingerprint density at radius 1 is 1.36 bits per heavy atom. The van der Waals surface area contributed by atoms with E-state index in [-0.39, 0.29) is 0 Å². The van der Waals surface area contributed by atoms with Crippen LogP contribution in [0.4, 0.5) is 0 Å². The molecular weight excluding hydrogens is 398 g/mol. The molecule has 0 aliphatic carbocycles. The van der Waals surface area contributed by atoms with Gasteiger partial charge in [0.15, 0.2) is 17.5 Å². The van der Waals surface area contributed by atoms with Gasteiger partial charge in [-0.15, -0.1) is 32.9 Å². The summed E-state index contributed by atoms with van der Waals surface area (Å²) >= 11 is 13.6. The van der Waals surface area contributed by atoms with Gasteiger partial charge >= 0.3 is 0 Å². The Hall–Kier alpha value is -1.68. The van der Waals surface area contributed by atoms with Gasteiger partial charge in [0.1, 0.15) is 5.25 Å². The van der Waals surface area contributed by atoms with Crippen LogP contribution in [0.2, 0.25) is 4.34 Å². The maximum Gasteiger partial charge on any atom is 0.258 e. The zero-order chi connectivity index (χ0) is 17.4. The van der Waals surface area contributed by atoms with Crippen LogP contribution in [0.3, 0.4) is 0 Å². The second kappa shape index (κ2) is 6.91. The lowest BCUT2D eigenvalue weighted by Crippen LogP contribution is -2.07. The molecule has 0 bridgehead atoms. The van der Waals surface area contributed by atoms with Crippen LogP contribution in [-0.4, -0.2) is 24.9 Å². The number of rotatable bonds is 5. The summed E-state index contributed by atoms with van der Waals surface area (Å²) in [5.74, 6) is 2.36. The monoisotopic (exact) mass is 409 g/mol. The molecule has 0 N–H and O–H groups in total. The topological polar surface area (TPSA) is 69.6 Å². The highest BCUT2D eigenvalue weighted by Crippen LogP contribution is 2.32. The summed E-state index contributed by atoms with van der Waals surface area (Å²) in [5.41, 5.74) is 0.797. The van der Waals surface area contributed by atoms with Crippen molar-refractivity contribution in [3.63, 3.8) is 0 Å². The minimum Gasteiger partial charge on any atom is -0.334 e. The highest BCUT2D eigenvalue weighted by molar-refractivity contribution is 7.80. The summed E-state index contributed by atoms with van der Waals surface area (Å²) in [7, 11) is 0. The Balaban J connectivity index is 1.67. The summed E-state index contributed by atoms with van der Waals surface area (Å²) in [6.45, 7) is 2.76. The number of thiol groups is 1. The summed E-state index contributed by atoms with van der Waals surface area (Å²) in [6.07, 6.45) is 0. The second-order valence-electron chi connectivity index (χ2n) is 5.10. The van der Waals surface area contributed by atoms with E-state index >= 15 is 0 Å². The van der Waals surface area contributed by atoms with E-state index in [0.29, 0.717) is 21.9 Å². The fourth-order valence-corrected chi connectivity index (χ4v) is 4.29. The number of hydrogen-bond acceptors (Lipinski definition) is 8. The number of nitrogens with zero attached hydrogens (tertiary/aromatic N) is 5. The van der Waals surface area contributed by atoms with Gasteiger partial charge < -0.3 is 9.09 Å². The highest BCUT2D eigenvalue weighted by atomic mass is 35.5. The van der Waals surface area contributed by atoms with Crippen LogP contribution in [-0.2, 0) is 6.54 Å². The third-order valence-corrected chi connectivity index (χ3v) is 6.00. The Labute approximate surface area is 161 Å². The van der Waals surface area contributed by atoms with Gasteiger partial charge in [-0.2, -0.15) is 17.6 Å². The molecular formula is C15H12ClN5OS3. The van der Waals surface area contributed by atoms with Crippen molar-refractivity contribution in [3.05, 3.63) is 44.9 Å².